The molecule has 0 aromatic heterocycles. The third kappa shape index (κ3) is 18.7. The van der Waals surface area contributed by atoms with E-state index in [1.165, 1.54) is 32.4 Å². The van der Waals surface area contributed by atoms with Gasteiger partial charge in [0.05, 0.1) is 13.2 Å². The van der Waals surface area contributed by atoms with E-state index >= 15 is 0 Å². The van der Waals surface area contributed by atoms with Gasteiger partial charge in [-0.05, 0) is 70.4 Å². The molecule has 1 fully saturated rings. The molecule has 2 unspecified atom stereocenters. The normalized spacial score (nSPS) is 16.1. The molecule has 1 aliphatic heterocycles. The van der Waals surface area contributed by atoms with Gasteiger partial charge < -0.3 is 15.0 Å². The van der Waals surface area contributed by atoms with E-state index in [2.05, 4.69) is 51.8 Å². The average molecular weight is 483 g/mol. The average Bonchev–Trinajstić information content (AvgIpc) is 2.77. The predicted octanol–water partition coefficient (Wildman–Crippen LogP) is 5.65. The van der Waals surface area contributed by atoms with Crippen molar-refractivity contribution in [2.45, 2.75) is 101 Å². The van der Waals surface area contributed by atoms with E-state index in [-0.39, 0.29) is 30.1 Å². The van der Waals surface area contributed by atoms with Crippen LogP contribution in [0.1, 0.15) is 94.9 Å². The molecule has 2 atom stereocenters. The summed E-state index contributed by atoms with van der Waals surface area (Å²) in [4.78, 5) is 35.9. The minimum atomic E-state index is -0.355. The molecule has 6 heteroatoms. The van der Waals surface area contributed by atoms with E-state index in [9.17, 15) is 14.4 Å². The van der Waals surface area contributed by atoms with Crippen molar-refractivity contribution in [3.05, 3.63) is 11.6 Å². The van der Waals surface area contributed by atoms with Gasteiger partial charge in [-0.2, -0.15) is 0 Å². The predicted molar refractivity (Wildman–Crippen MR) is 143 cm³/mol. The maximum atomic E-state index is 11.6. The van der Waals surface area contributed by atoms with Gasteiger partial charge in [0.2, 0.25) is 6.41 Å². The van der Waals surface area contributed by atoms with Crippen LogP contribution in [0.15, 0.2) is 11.6 Å². The highest BCUT2D eigenvalue weighted by atomic mass is 16.5. The van der Waals surface area contributed by atoms with Crippen LogP contribution in [-0.2, 0) is 19.1 Å². The minimum absolute atomic E-state index is 0.0268. The lowest BCUT2D eigenvalue weighted by Gasteiger charge is -2.34. The number of amides is 1. The van der Waals surface area contributed by atoms with Crippen molar-refractivity contribution in [1.29, 1.82) is 0 Å². The Morgan fingerprint density at radius 2 is 1.47 bits per heavy atom. The van der Waals surface area contributed by atoms with Crippen LogP contribution in [0.4, 0.5) is 0 Å². The summed E-state index contributed by atoms with van der Waals surface area (Å²) in [6.45, 7) is 23.9. The maximum absolute atomic E-state index is 11.6. The molecule has 0 aromatic carbocycles. The maximum Gasteiger partial charge on any atom is 0.333 e. The number of Topliss-reactive ketones (excluding diaryl/α,β-unsaturated/α-hetero) is 1. The molecule has 0 saturated carbocycles. The zero-order chi connectivity index (χ0) is 26.7. The fourth-order valence-electron chi connectivity index (χ4n) is 3.36. The van der Waals surface area contributed by atoms with E-state index in [1.54, 1.807) is 19.9 Å². The first-order valence-corrected chi connectivity index (χ1v) is 13.1. The molecule has 0 aromatic rings. The Morgan fingerprint density at radius 3 is 1.88 bits per heavy atom. The largest absolute Gasteiger partial charge is 0.463 e. The summed E-state index contributed by atoms with van der Waals surface area (Å²) in [5.41, 5.74) is 0.511. The van der Waals surface area contributed by atoms with Gasteiger partial charge in [-0.3, -0.25) is 9.59 Å². The van der Waals surface area contributed by atoms with Gasteiger partial charge in [0.15, 0.2) is 5.78 Å². The molecule has 1 heterocycles. The molecule has 0 aliphatic carbocycles. The number of nitrogens with zero attached hydrogens (tertiary/aromatic N) is 1. The number of esters is 1. The molecule has 200 valence electrons. The number of carbonyl (C=O) groups excluding carboxylic acids is 3. The van der Waals surface area contributed by atoms with Crippen LogP contribution in [0.5, 0.6) is 0 Å². The standard InChI is InChI=1S/C14H23NO4.C10H21N.C4H10/c1-5-19-14(18)11(4)6-12(10(2)3)7-13(17)8-15-9-16;1-9(2)10(3)11-7-5-4-6-8-11;1-4(2)3/h6,9-10,12H,5,7-8H2,1-4H3,(H,15,16);9-10H,4-8H2,1-3H3;4H,1-3H3/b11-6+;;. The zero-order valence-corrected chi connectivity index (χ0v) is 23.8. The fraction of sp³-hybridized carbons (Fsp3) is 0.821. The summed E-state index contributed by atoms with van der Waals surface area (Å²) < 4.78 is 4.90. The fourth-order valence-corrected chi connectivity index (χ4v) is 3.36. The number of hydrogen-bond acceptors (Lipinski definition) is 5. The number of hydrogen-bond donors (Lipinski definition) is 1. The monoisotopic (exact) mass is 482 g/mol. The second-order valence-electron chi connectivity index (χ2n) is 10.5. The SMILES string of the molecule is CC(C)C.CC(C)C(C)N1CCCCC1.CCOC(=O)/C(C)=C/C(CC(=O)CNC=O)C(C)C. The van der Waals surface area contributed by atoms with Crippen molar-refractivity contribution in [2.24, 2.45) is 23.7 Å². The van der Waals surface area contributed by atoms with Crippen LogP contribution in [0, 0.1) is 23.7 Å². The van der Waals surface area contributed by atoms with Gasteiger partial charge in [0.25, 0.3) is 0 Å². The van der Waals surface area contributed by atoms with Gasteiger partial charge in [0.1, 0.15) is 0 Å². The van der Waals surface area contributed by atoms with Crippen molar-refractivity contribution in [2.75, 3.05) is 26.2 Å². The summed E-state index contributed by atoms with van der Waals surface area (Å²) in [6.07, 6.45) is 6.86. The van der Waals surface area contributed by atoms with Gasteiger partial charge in [0, 0.05) is 18.0 Å². The van der Waals surface area contributed by atoms with Crippen LogP contribution in [0.2, 0.25) is 0 Å². The van der Waals surface area contributed by atoms with Gasteiger partial charge in [-0.25, -0.2) is 4.79 Å². The quantitative estimate of drug-likeness (QED) is 0.234. The Bertz CT molecular complexity index is 576. The van der Waals surface area contributed by atoms with Crippen molar-refractivity contribution in [1.82, 2.24) is 10.2 Å². The molecular formula is C28H54N2O4. The van der Waals surface area contributed by atoms with Crippen LogP contribution in [0.3, 0.4) is 0 Å². The summed E-state index contributed by atoms with van der Waals surface area (Å²) in [7, 11) is 0. The molecule has 0 bridgehead atoms. The third-order valence-corrected chi connectivity index (χ3v) is 5.70. The molecule has 1 saturated heterocycles. The number of rotatable bonds is 11. The minimum Gasteiger partial charge on any atom is -0.463 e. The van der Waals surface area contributed by atoms with Crippen molar-refractivity contribution in [3.8, 4) is 0 Å². The highest BCUT2D eigenvalue weighted by Gasteiger charge is 2.19. The van der Waals surface area contributed by atoms with Crippen molar-refractivity contribution in [3.63, 3.8) is 0 Å². The molecule has 1 rings (SSSR count). The second-order valence-corrected chi connectivity index (χ2v) is 10.5. The summed E-state index contributed by atoms with van der Waals surface area (Å²) in [5.74, 6) is 1.42. The number of piperidine rings is 1. The summed E-state index contributed by atoms with van der Waals surface area (Å²) >= 11 is 0. The van der Waals surface area contributed by atoms with Gasteiger partial charge >= 0.3 is 5.97 Å². The molecule has 1 N–H and O–H groups in total. The molecule has 0 radical (unpaired) electrons. The first-order valence-electron chi connectivity index (χ1n) is 13.1. The van der Waals surface area contributed by atoms with Crippen LogP contribution < -0.4 is 5.32 Å². The van der Waals surface area contributed by atoms with Crippen molar-refractivity contribution >= 4 is 18.2 Å². The van der Waals surface area contributed by atoms with E-state index in [4.69, 9.17) is 4.74 Å². The van der Waals surface area contributed by atoms with Gasteiger partial charge in [-0.1, -0.05) is 61.0 Å². The van der Waals surface area contributed by atoms with Gasteiger partial charge in [-0.15, -0.1) is 0 Å². The zero-order valence-electron chi connectivity index (χ0n) is 23.8. The summed E-state index contributed by atoms with van der Waals surface area (Å²) in [6, 6.07) is 0.787. The molecule has 6 nitrogen and oxygen atoms in total. The van der Waals surface area contributed by atoms with E-state index in [0.717, 1.165) is 17.9 Å². The lowest BCUT2D eigenvalue weighted by molar-refractivity contribution is -0.138. The number of nitrogens with one attached hydrogen (secondary N) is 1. The summed E-state index contributed by atoms with van der Waals surface area (Å²) in [5, 5.41) is 2.35. The Kier molecular flexibility index (Phi) is 21.0. The van der Waals surface area contributed by atoms with Crippen LogP contribution in [-0.4, -0.2) is 55.3 Å². The highest BCUT2D eigenvalue weighted by Crippen LogP contribution is 2.19. The first kappa shape index (κ1) is 34.5. The number of likely N-dealkylation sites (tertiary alicyclic amines) is 1. The number of carbonyl (C=O) groups is 3. The van der Waals surface area contributed by atoms with Crippen LogP contribution in [0.25, 0.3) is 0 Å². The van der Waals surface area contributed by atoms with E-state index in [1.807, 2.05) is 13.8 Å². The smallest absolute Gasteiger partial charge is 0.333 e. The van der Waals surface area contributed by atoms with Crippen LogP contribution >= 0.6 is 0 Å². The van der Waals surface area contributed by atoms with Crippen molar-refractivity contribution < 1.29 is 19.1 Å². The Hall–Kier alpha value is -1.69. The molecular weight excluding hydrogens is 428 g/mol. The first-order chi connectivity index (χ1) is 15.9. The second kappa shape index (κ2) is 20.7. The Morgan fingerprint density at radius 1 is 0.941 bits per heavy atom. The number of ketones is 1. The topological polar surface area (TPSA) is 75.7 Å². The molecule has 1 aliphatic rings. The molecule has 34 heavy (non-hydrogen) atoms. The third-order valence-electron chi connectivity index (χ3n) is 5.70. The van der Waals surface area contributed by atoms with E-state index < -0.39 is 0 Å². The highest BCUT2D eigenvalue weighted by molar-refractivity contribution is 5.88. The molecule has 0 spiro atoms. The molecule has 1 amide bonds. The number of allylic oxidation sites excluding steroid dienone is 1. The van der Waals surface area contributed by atoms with E-state index in [0.29, 0.717) is 25.0 Å². The Balaban J connectivity index is 0. The Labute approximate surface area is 210 Å². The lowest BCUT2D eigenvalue weighted by atomic mass is 9.89. The lowest BCUT2D eigenvalue weighted by Crippen LogP contribution is -2.40. The number of ether oxygens (including phenoxy) is 1.